The van der Waals surface area contributed by atoms with Crippen molar-refractivity contribution in [2.24, 2.45) is 0 Å². The number of methoxy groups -OCH3 is 1. The lowest BCUT2D eigenvalue weighted by molar-refractivity contribution is -0.115. The van der Waals surface area contributed by atoms with Gasteiger partial charge in [0.05, 0.1) is 19.1 Å². The first-order chi connectivity index (χ1) is 15.2. The molecular formula is C25H26N2O3S. The fraction of sp³-hybridized carbons (Fsp3) is 0.280. The van der Waals surface area contributed by atoms with Gasteiger partial charge in [0.2, 0.25) is 5.91 Å². The Morgan fingerprint density at radius 2 is 1.74 bits per heavy atom. The summed E-state index contributed by atoms with van der Waals surface area (Å²) in [5.41, 5.74) is 3.58. The second kappa shape index (κ2) is 9.79. The predicted octanol–water partition coefficient (Wildman–Crippen LogP) is 4.75. The third-order valence-corrected chi connectivity index (χ3v) is 6.70. The van der Waals surface area contributed by atoms with Gasteiger partial charge in [-0.3, -0.25) is 9.59 Å². The van der Waals surface area contributed by atoms with E-state index in [2.05, 4.69) is 10.6 Å². The van der Waals surface area contributed by atoms with E-state index < -0.39 is 0 Å². The Morgan fingerprint density at radius 1 is 1.00 bits per heavy atom. The van der Waals surface area contributed by atoms with Crippen molar-refractivity contribution in [1.82, 2.24) is 5.32 Å². The van der Waals surface area contributed by atoms with E-state index in [1.54, 1.807) is 7.11 Å². The number of fused-ring (bicyclic) bond motifs is 1. The van der Waals surface area contributed by atoms with Crippen LogP contribution in [0.4, 0.5) is 5.00 Å². The molecule has 2 N–H and O–H groups in total. The van der Waals surface area contributed by atoms with Crippen LogP contribution >= 0.6 is 11.3 Å². The van der Waals surface area contributed by atoms with Crippen molar-refractivity contribution < 1.29 is 14.3 Å². The first-order valence-electron chi connectivity index (χ1n) is 10.5. The lowest BCUT2D eigenvalue weighted by Crippen LogP contribution is -2.25. The molecule has 0 fully saturated rings. The predicted molar refractivity (Wildman–Crippen MR) is 124 cm³/mol. The van der Waals surface area contributed by atoms with E-state index in [0.29, 0.717) is 22.9 Å². The van der Waals surface area contributed by atoms with E-state index in [1.165, 1.54) is 16.2 Å². The van der Waals surface area contributed by atoms with Crippen molar-refractivity contribution in [3.05, 3.63) is 81.7 Å². The van der Waals surface area contributed by atoms with Gasteiger partial charge in [-0.2, -0.15) is 0 Å². The van der Waals surface area contributed by atoms with Gasteiger partial charge in [-0.05, 0) is 42.9 Å². The number of carbonyl (C=O) groups excluding carboxylic acids is 2. The zero-order chi connectivity index (χ0) is 21.6. The molecule has 1 aliphatic rings. The molecule has 0 bridgehead atoms. The van der Waals surface area contributed by atoms with Crippen LogP contribution in [0.1, 0.15) is 44.8 Å². The summed E-state index contributed by atoms with van der Waals surface area (Å²) in [6.07, 6.45) is 4.21. The summed E-state index contributed by atoms with van der Waals surface area (Å²) in [5, 5.41) is 6.69. The van der Waals surface area contributed by atoms with Crippen LogP contribution in [0.25, 0.3) is 0 Å². The van der Waals surface area contributed by atoms with Crippen LogP contribution in [-0.2, 0) is 30.6 Å². The van der Waals surface area contributed by atoms with Gasteiger partial charge >= 0.3 is 0 Å². The van der Waals surface area contributed by atoms with Gasteiger partial charge in [-0.25, -0.2) is 0 Å². The minimum atomic E-state index is -0.153. The molecule has 0 saturated heterocycles. The first kappa shape index (κ1) is 21.1. The van der Waals surface area contributed by atoms with Gasteiger partial charge in [-0.1, -0.05) is 48.5 Å². The monoisotopic (exact) mass is 434 g/mol. The lowest BCUT2D eigenvalue weighted by atomic mass is 9.95. The summed E-state index contributed by atoms with van der Waals surface area (Å²) in [6.45, 7) is 0.457. The number of nitrogens with one attached hydrogen (secondary N) is 2. The molecule has 31 heavy (non-hydrogen) atoms. The maximum Gasteiger partial charge on any atom is 0.254 e. The first-order valence-corrected chi connectivity index (χ1v) is 11.4. The largest absolute Gasteiger partial charge is 0.496 e. The summed E-state index contributed by atoms with van der Waals surface area (Å²) in [7, 11) is 1.60. The molecule has 0 spiro atoms. The highest BCUT2D eigenvalue weighted by Crippen LogP contribution is 2.38. The highest BCUT2D eigenvalue weighted by atomic mass is 32.1. The molecule has 6 heteroatoms. The molecule has 0 atom stereocenters. The number of amides is 2. The van der Waals surface area contributed by atoms with Crippen molar-refractivity contribution in [2.75, 3.05) is 12.4 Å². The number of anilines is 1. The van der Waals surface area contributed by atoms with Gasteiger partial charge in [0.15, 0.2) is 0 Å². The Morgan fingerprint density at radius 3 is 2.55 bits per heavy atom. The number of benzene rings is 2. The molecule has 2 aromatic carbocycles. The Labute approximate surface area is 186 Å². The number of aryl methyl sites for hydroxylation is 1. The Hall–Kier alpha value is -3.12. The molecule has 1 aromatic heterocycles. The number of carbonyl (C=O) groups is 2. The quantitative estimate of drug-likeness (QED) is 0.564. The maximum atomic E-state index is 13.1. The summed E-state index contributed by atoms with van der Waals surface area (Å²) in [4.78, 5) is 27.2. The average molecular weight is 435 g/mol. The second-order valence-electron chi connectivity index (χ2n) is 7.62. The fourth-order valence-corrected chi connectivity index (χ4v) is 5.26. The number of hydrogen-bond donors (Lipinski definition) is 2. The van der Waals surface area contributed by atoms with Crippen LogP contribution in [-0.4, -0.2) is 18.9 Å². The SMILES string of the molecule is COc1ccccc1CC(=O)Nc1sc2c(c1C(=O)NCc1ccccc1)CCCC2. The number of ether oxygens (including phenoxy) is 1. The van der Waals surface area contributed by atoms with E-state index in [0.717, 1.165) is 42.4 Å². The smallest absolute Gasteiger partial charge is 0.254 e. The highest BCUT2D eigenvalue weighted by molar-refractivity contribution is 7.17. The van der Waals surface area contributed by atoms with Crippen molar-refractivity contribution in [2.45, 2.75) is 38.6 Å². The molecule has 5 nitrogen and oxygen atoms in total. The van der Waals surface area contributed by atoms with Gasteiger partial charge in [0.25, 0.3) is 5.91 Å². The number of thiophene rings is 1. The molecule has 4 rings (SSSR count). The summed E-state index contributed by atoms with van der Waals surface area (Å²) in [5.74, 6) is 0.403. The van der Waals surface area contributed by atoms with Gasteiger partial charge < -0.3 is 15.4 Å². The maximum absolute atomic E-state index is 13.1. The van der Waals surface area contributed by atoms with Crippen molar-refractivity contribution in [3.8, 4) is 5.75 Å². The van der Waals surface area contributed by atoms with Crippen LogP contribution < -0.4 is 15.4 Å². The van der Waals surface area contributed by atoms with Crippen molar-refractivity contribution >= 4 is 28.2 Å². The Bertz CT molecular complexity index is 1080. The third kappa shape index (κ3) is 4.97. The van der Waals surface area contributed by atoms with E-state index in [9.17, 15) is 9.59 Å². The molecule has 1 aliphatic carbocycles. The molecular weight excluding hydrogens is 408 g/mol. The van der Waals surface area contributed by atoms with Crippen LogP contribution in [0.5, 0.6) is 5.75 Å². The minimum absolute atomic E-state index is 0.129. The van der Waals surface area contributed by atoms with Crippen LogP contribution in [0.3, 0.4) is 0 Å². The van der Waals surface area contributed by atoms with Crippen molar-refractivity contribution in [3.63, 3.8) is 0 Å². The highest BCUT2D eigenvalue weighted by Gasteiger charge is 2.26. The number of hydrogen-bond acceptors (Lipinski definition) is 4. The number of rotatable bonds is 7. The summed E-state index contributed by atoms with van der Waals surface area (Å²) >= 11 is 1.54. The second-order valence-corrected chi connectivity index (χ2v) is 8.73. The average Bonchev–Trinajstić information content (AvgIpc) is 3.16. The molecule has 0 saturated carbocycles. The molecule has 0 aliphatic heterocycles. The lowest BCUT2D eigenvalue weighted by Gasteiger charge is -2.13. The Kier molecular flexibility index (Phi) is 6.67. The van der Waals surface area contributed by atoms with E-state index in [4.69, 9.17) is 4.74 Å². The van der Waals surface area contributed by atoms with E-state index >= 15 is 0 Å². The van der Waals surface area contributed by atoms with Crippen LogP contribution in [0, 0.1) is 0 Å². The van der Waals surface area contributed by atoms with Crippen LogP contribution in [0.15, 0.2) is 54.6 Å². The standard InChI is InChI=1S/C25H26N2O3S/c1-30-20-13-7-5-11-18(20)15-22(28)27-25-23(19-12-6-8-14-21(19)31-25)24(29)26-16-17-9-3-2-4-10-17/h2-5,7,9-11,13H,6,8,12,14-16H2,1H3,(H,26,29)(H,27,28). The molecule has 3 aromatic rings. The zero-order valence-electron chi connectivity index (χ0n) is 17.6. The van der Waals surface area contributed by atoms with Crippen LogP contribution in [0.2, 0.25) is 0 Å². The van der Waals surface area contributed by atoms with E-state index in [1.807, 2.05) is 54.6 Å². The summed E-state index contributed by atoms with van der Waals surface area (Å²) in [6, 6.07) is 17.3. The van der Waals surface area contributed by atoms with Gasteiger partial charge in [0.1, 0.15) is 10.8 Å². The van der Waals surface area contributed by atoms with Gasteiger partial charge in [-0.15, -0.1) is 11.3 Å². The topological polar surface area (TPSA) is 67.4 Å². The molecule has 1 heterocycles. The normalized spacial score (nSPS) is 12.7. The van der Waals surface area contributed by atoms with Crippen molar-refractivity contribution in [1.29, 1.82) is 0 Å². The van der Waals surface area contributed by atoms with E-state index in [-0.39, 0.29) is 18.2 Å². The Balaban J connectivity index is 1.53. The fourth-order valence-electron chi connectivity index (χ4n) is 3.95. The van der Waals surface area contributed by atoms with Gasteiger partial charge in [0, 0.05) is 17.0 Å². The molecule has 2 amide bonds. The molecule has 0 radical (unpaired) electrons. The minimum Gasteiger partial charge on any atom is -0.496 e. The zero-order valence-corrected chi connectivity index (χ0v) is 18.4. The molecule has 160 valence electrons. The molecule has 0 unspecified atom stereocenters. The summed E-state index contributed by atoms with van der Waals surface area (Å²) < 4.78 is 5.36. The number of para-hydroxylation sites is 1. The third-order valence-electron chi connectivity index (χ3n) is 5.49.